The SMILES string of the molecule is O=C1CCC(N2Cc3cc(CCN4CCC(N5CCN(c6noc7cc(F)ccc67)CC5)C(F)(F)C4)ccc3C2=O)C(=O)N1. The van der Waals surface area contributed by atoms with Gasteiger partial charge >= 0.3 is 0 Å². The van der Waals surface area contributed by atoms with Crippen molar-refractivity contribution in [2.45, 2.75) is 50.2 Å². The number of carbonyl (C=O) groups excluding carboxylic acids is 3. The Balaban J connectivity index is 0.923. The quantitative estimate of drug-likeness (QED) is 0.426. The van der Waals surface area contributed by atoms with Gasteiger partial charge in [-0.05, 0) is 48.6 Å². The molecular weight excluding hydrogens is 577 g/mol. The van der Waals surface area contributed by atoms with Crippen LogP contribution in [0.1, 0.15) is 40.7 Å². The highest BCUT2D eigenvalue weighted by atomic mass is 19.3. The van der Waals surface area contributed by atoms with Gasteiger partial charge in [0.2, 0.25) is 11.8 Å². The molecule has 2 aromatic carbocycles. The molecule has 13 heteroatoms. The number of alkyl halides is 2. The van der Waals surface area contributed by atoms with E-state index in [0.717, 1.165) is 11.1 Å². The van der Waals surface area contributed by atoms with Crippen molar-refractivity contribution in [3.05, 3.63) is 58.9 Å². The Hall–Kier alpha value is -3.97. The van der Waals surface area contributed by atoms with E-state index in [1.165, 1.54) is 17.0 Å². The summed E-state index contributed by atoms with van der Waals surface area (Å²) in [5.74, 6) is -3.66. The number of benzene rings is 2. The Bertz CT molecular complexity index is 1620. The van der Waals surface area contributed by atoms with E-state index in [1.807, 2.05) is 26.8 Å². The van der Waals surface area contributed by atoms with Crippen LogP contribution in [0.4, 0.5) is 19.0 Å². The molecule has 44 heavy (non-hydrogen) atoms. The maximum atomic E-state index is 15.5. The average molecular weight is 611 g/mol. The van der Waals surface area contributed by atoms with Crippen LogP contribution in [0, 0.1) is 5.82 Å². The van der Waals surface area contributed by atoms with E-state index in [1.54, 1.807) is 12.1 Å². The van der Waals surface area contributed by atoms with Crippen molar-refractivity contribution in [3.8, 4) is 0 Å². The van der Waals surface area contributed by atoms with Crippen LogP contribution in [0.25, 0.3) is 11.0 Å². The summed E-state index contributed by atoms with van der Waals surface area (Å²) >= 11 is 0. The fraction of sp³-hybridized carbons (Fsp3) is 0.484. The van der Waals surface area contributed by atoms with Gasteiger partial charge in [0, 0.05) is 63.9 Å². The molecule has 4 aliphatic heterocycles. The predicted molar refractivity (Wildman–Crippen MR) is 154 cm³/mol. The molecule has 0 aliphatic carbocycles. The fourth-order valence-corrected chi connectivity index (χ4v) is 7.08. The van der Waals surface area contributed by atoms with E-state index in [9.17, 15) is 18.8 Å². The van der Waals surface area contributed by atoms with Gasteiger partial charge in [-0.15, -0.1) is 0 Å². The van der Waals surface area contributed by atoms with E-state index in [2.05, 4.69) is 10.5 Å². The molecule has 5 heterocycles. The number of hydrogen-bond acceptors (Lipinski definition) is 8. The van der Waals surface area contributed by atoms with Gasteiger partial charge in [-0.3, -0.25) is 29.5 Å². The van der Waals surface area contributed by atoms with Crippen molar-refractivity contribution in [1.29, 1.82) is 0 Å². The topological polar surface area (TPSA) is 102 Å². The van der Waals surface area contributed by atoms with Crippen LogP contribution in [0.5, 0.6) is 0 Å². The zero-order valence-corrected chi connectivity index (χ0v) is 24.1. The molecule has 0 bridgehead atoms. The lowest BCUT2D eigenvalue weighted by Crippen LogP contribution is -2.62. The van der Waals surface area contributed by atoms with Crippen LogP contribution in [-0.4, -0.2) is 101 Å². The van der Waals surface area contributed by atoms with Crippen LogP contribution in [-0.2, 0) is 22.6 Å². The summed E-state index contributed by atoms with van der Waals surface area (Å²) < 4.78 is 49.8. The number of likely N-dealkylation sites (tertiary alicyclic amines) is 1. The Kier molecular flexibility index (Phi) is 7.32. The van der Waals surface area contributed by atoms with E-state index < -0.39 is 29.7 Å². The second-order valence-corrected chi connectivity index (χ2v) is 12.2. The highest BCUT2D eigenvalue weighted by molar-refractivity contribution is 6.05. The van der Waals surface area contributed by atoms with Crippen molar-refractivity contribution in [2.24, 2.45) is 0 Å². The highest BCUT2D eigenvalue weighted by Gasteiger charge is 2.48. The summed E-state index contributed by atoms with van der Waals surface area (Å²) in [6, 6.07) is 8.30. The molecular formula is C31H33F3N6O4. The summed E-state index contributed by atoms with van der Waals surface area (Å²) in [5.41, 5.74) is 2.66. The minimum Gasteiger partial charge on any atom is -0.354 e. The molecule has 1 N–H and O–H groups in total. The summed E-state index contributed by atoms with van der Waals surface area (Å²) in [4.78, 5) is 44.0. The molecule has 0 spiro atoms. The minimum atomic E-state index is -2.87. The number of imide groups is 1. The second-order valence-electron chi connectivity index (χ2n) is 12.2. The summed E-state index contributed by atoms with van der Waals surface area (Å²) in [5, 5.41) is 7.12. The average Bonchev–Trinajstić information content (AvgIpc) is 3.56. The van der Waals surface area contributed by atoms with Crippen LogP contribution in [0.3, 0.4) is 0 Å². The van der Waals surface area contributed by atoms with Gasteiger partial charge in [0.05, 0.1) is 18.0 Å². The number of fused-ring (bicyclic) bond motifs is 2. The first-order valence-electron chi connectivity index (χ1n) is 15.1. The predicted octanol–water partition coefficient (Wildman–Crippen LogP) is 2.80. The second kappa shape index (κ2) is 11.2. The number of aromatic nitrogens is 1. The summed E-state index contributed by atoms with van der Waals surface area (Å²) in [7, 11) is 0. The molecule has 2 atom stereocenters. The standard InChI is InChI=1S/C31H33F3N6O4/c32-21-2-4-23-25(16-21)44-36-28(23)39-13-11-38(12-14-39)26-8-10-37(18-31(26,33)34)9-7-19-1-3-22-20(15-19)17-40(30(22)43)24-5-6-27(41)35-29(24)42/h1-4,15-16,24,26H,5-14,17-18H2,(H,35,41,42). The highest BCUT2D eigenvalue weighted by Crippen LogP contribution is 2.34. The van der Waals surface area contributed by atoms with Crippen molar-refractivity contribution < 1.29 is 32.1 Å². The zero-order valence-electron chi connectivity index (χ0n) is 24.1. The Morgan fingerprint density at radius 1 is 1.00 bits per heavy atom. The Morgan fingerprint density at radius 3 is 2.59 bits per heavy atom. The van der Waals surface area contributed by atoms with Crippen molar-refractivity contribution >= 4 is 34.5 Å². The van der Waals surface area contributed by atoms with E-state index >= 15 is 8.78 Å². The first-order valence-corrected chi connectivity index (χ1v) is 15.1. The molecule has 1 aromatic heterocycles. The van der Waals surface area contributed by atoms with Gasteiger partial charge in [0.1, 0.15) is 11.9 Å². The monoisotopic (exact) mass is 610 g/mol. The molecule has 0 saturated carbocycles. The van der Waals surface area contributed by atoms with E-state index in [0.29, 0.717) is 80.9 Å². The van der Waals surface area contributed by atoms with Gasteiger partial charge in [0.25, 0.3) is 11.8 Å². The van der Waals surface area contributed by atoms with Gasteiger partial charge in [-0.25, -0.2) is 13.2 Å². The lowest BCUT2D eigenvalue weighted by atomic mass is 9.97. The van der Waals surface area contributed by atoms with Crippen LogP contribution < -0.4 is 10.2 Å². The lowest BCUT2D eigenvalue weighted by molar-refractivity contribution is -0.137. The molecule has 3 fully saturated rings. The van der Waals surface area contributed by atoms with Crippen LogP contribution >= 0.6 is 0 Å². The molecule has 10 nitrogen and oxygen atoms in total. The summed E-state index contributed by atoms with van der Waals surface area (Å²) in [6.07, 6.45) is 1.43. The van der Waals surface area contributed by atoms with Gasteiger partial charge in [0.15, 0.2) is 11.4 Å². The third kappa shape index (κ3) is 5.32. The zero-order chi connectivity index (χ0) is 30.6. The first kappa shape index (κ1) is 28.8. The molecule has 2 unspecified atom stereocenters. The minimum absolute atomic E-state index is 0.197. The number of carbonyl (C=O) groups is 3. The normalized spacial score (nSPS) is 24.7. The third-order valence-corrected chi connectivity index (χ3v) is 9.41. The lowest BCUT2D eigenvalue weighted by Gasteiger charge is -2.46. The van der Waals surface area contributed by atoms with Crippen molar-refractivity contribution in [2.75, 3.05) is 50.7 Å². The molecule has 0 radical (unpaired) electrons. The van der Waals surface area contributed by atoms with Crippen molar-refractivity contribution in [1.82, 2.24) is 25.2 Å². The van der Waals surface area contributed by atoms with E-state index in [4.69, 9.17) is 4.52 Å². The number of piperazine rings is 1. The Morgan fingerprint density at radius 2 is 1.82 bits per heavy atom. The van der Waals surface area contributed by atoms with Crippen LogP contribution in [0.2, 0.25) is 0 Å². The smallest absolute Gasteiger partial charge is 0.275 e. The Labute approximate surface area is 251 Å². The molecule has 3 aromatic rings. The molecule has 3 amide bonds. The van der Waals surface area contributed by atoms with Crippen LogP contribution in [0.15, 0.2) is 40.9 Å². The number of rotatable bonds is 6. The number of nitrogens with zero attached hydrogens (tertiary/aromatic N) is 5. The molecule has 232 valence electrons. The van der Waals surface area contributed by atoms with Gasteiger partial charge in [-0.1, -0.05) is 17.3 Å². The van der Waals surface area contributed by atoms with E-state index in [-0.39, 0.29) is 31.3 Å². The number of piperidine rings is 2. The number of anilines is 1. The third-order valence-electron chi connectivity index (χ3n) is 9.41. The molecule has 4 aliphatic rings. The maximum Gasteiger partial charge on any atom is 0.275 e. The number of nitrogens with one attached hydrogen (secondary N) is 1. The van der Waals surface area contributed by atoms with Gasteiger partial charge < -0.3 is 14.3 Å². The first-order chi connectivity index (χ1) is 21.2. The largest absolute Gasteiger partial charge is 0.354 e. The van der Waals surface area contributed by atoms with Gasteiger partial charge in [-0.2, -0.15) is 0 Å². The number of halogens is 3. The molecule has 3 saturated heterocycles. The number of hydrogen-bond donors (Lipinski definition) is 1. The fourth-order valence-electron chi connectivity index (χ4n) is 7.08. The molecule has 7 rings (SSSR count). The summed E-state index contributed by atoms with van der Waals surface area (Å²) in [6.45, 7) is 3.00. The van der Waals surface area contributed by atoms with Crippen molar-refractivity contribution in [3.63, 3.8) is 0 Å². The number of amides is 3. The maximum absolute atomic E-state index is 15.5.